The third-order valence-electron chi connectivity index (χ3n) is 3.18. The number of carbonyl (C=O) groups excluding carboxylic acids is 1. The van der Waals surface area contributed by atoms with E-state index in [1.165, 1.54) is 11.3 Å². The normalized spacial score (nSPS) is 11.1. The molecule has 2 aromatic heterocycles. The maximum atomic E-state index is 12.3. The number of nitrogens with zero attached hydrogens (tertiary/aromatic N) is 2. The van der Waals surface area contributed by atoms with Crippen molar-refractivity contribution in [2.24, 2.45) is 0 Å². The molecule has 0 aliphatic rings. The van der Waals surface area contributed by atoms with Crippen LogP contribution in [0.5, 0.6) is 0 Å². The second-order valence-electron chi connectivity index (χ2n) is 4.69. The largest absolute Gasteiger partial charge is 0.334 e. The third kappa shape index (κ3) is 2.38. The van der Waals surface area contributed by atoms with E-state index in [4.69, 9.17) is 0 Å². The molecule has 1 amide bonds. The van der Waals surface area contributed by atoms with Crippen molar-refractivity contribution in [2.75, 3.05) is 5.32 Å². The lowest BCUT2D eigenvalue weighted by molar-refractivity contribution is 0.101. The molecule has 2 aromatic carbocycles. The molecule has 5 nitrogen and oxygen atoms in total. The zero-order valence-corrected chi connectivity index (χ0v) is 13.5. The van der Waals surface area contributed by atoms with Gasteiger partial charge in [-0.2, -0.15) is 0 Å². The number of benzene rings is 2. The van der Waals surface area contributed by atoms with Crippen LogP contribution >= 0.6 is 27.3 Å². The van der Waals surface area contributed by atoms with Gasteiger partial charge in [0.1, 0.15) is 0 Å². The molecule has 108 valence electrons. The van der Waals surface area contributed by atoms with E-state index in [1.54, 1.807) is 0 Å². The van der Waals surface area contributed by atoms with Gasteiger partial charge in [0.15, 0.2) is 11.0 Å². The number of nitrogens with one attached hydrogen (secondary N) is 2. The fourth-order valence-corrected chi connectivity index (χ4v) is 3.58. The number of anilines is 1. The highest BCUT2D eigenvalue weighted by Crippen LogP contribution is 2.28. The number of thiazole rings is 1. The van der Waals surface area contributed by atoms with Crippen LogP contribution in [-0.2, 0) is 0 Å². The van der Waals surface area contributed by atoms with Crippen molar-refractivity contribution in [3.8, 4) is 0 Å². The number of halogens is 1. The van der Waals surface area contributed by atoms with Crippen molar-refractivity contribution in [1.82, 2.24) is 15.0 Å². The minimum Gasteiger partial charge on any atom is -0.334 e. The van der Waals surface area contributed by atoms with Crippen molar-refractivity contribution in [3.63, 3.8) is 0 Å². The molecule has 0 aliphatic heterocycles. The monoisotopic (exact) mass is 372 g/mol. The van der Waals surface area contributed by atoms with E-state index in [2.05, 4.69) is 36.2 Å². The Labute approximate surface area is 137 Å². The van der Waals surface area contributed by atoms with Gasteiger partial charge in [-0.25, -0.2) is 9.97 Å². The summed E-state index contributed by atoms with van der Waals surface area (Å²) < 4.78 is 1.99. The van der Waals surface area contributed by atoms with E-state index < -0.39 is 0 Å². The van der Waals surface area contributed by atoms with Gasteiger partial charge in [0.2, 0.25) is 0 Å². The van der Waals surface area contributed by atoms with Gasteiger partial charge in [-0.15, -0.1) is 0 Å². The number of fused-ring (bicyclic) bond motifs is 2. The van der Waals surface area contributed by atoms with E-state index in [-0.39, 0.29) is 11.7 Å². The standard InChI is InChI=1S/C15H9BrN4OS/c16-8-5-6-11-12(7-8)22-15(19-11)20-14(21)13-17-9-3-1-2-4-10(9)18-13/h1-7H,(H,17,18)(H,19,20,21). The molecule has 22 heavy (non-hydrogen) atoms. The SMILES string of the molecule is O=C(Nc1nc2ccc(Br)cc2s1)c1nc2ccccc2[nH]1. The van der Waals surface area contributed by atoms with Crippen LogP contribution in [0.2, 0.25) is 0 Å². The predicted molar refractivity (Wildman–Crippen MR) is 91.4 cm³/mol. The van der Waals surface area contributed by atoms with Crippen LogP contribution in [0.15, 0.2) is 46.9 Å². The molecule has 0 saturated carbocycles. The first kappa shape index (κ1) is 13.4. The van der Waals surface area contributed by atoms with E-state index in [1.807, 2.05) is 42.5 Å². The van der Waals surface area contributed by atoms with Gasteiger partial charge in [-0.3, -0.25) is 10.1 Å². The second-order valence-corrected chi connectivity index (χ2v) is 6.63. The zero-order chi connectivity index (χ0) is 15.1. The van der Waals surface area contributed by atoms with Crippen molar-refractivity contribution in [1.29, 1.82) is 0 Å². The molecular formula is C15H9BrN4OS. The van der Waals surface area contributed by atoms with Crippen LogP contribution < -0.4 is 5.32 Å². The van der Waals surface area contributed by atoms with E-state index in [9.17, 15) is 4.79 Å². The predicted octanol–water partition coefficient (Wildman–Crippen LogP) is 4.19. The first-order chi connectivity index (χ1) is 10.7. The topological polar surface area (TPSA) is 70.7 Å². The van der Waals surface area contributed by atoms with Gasteiger partial charge in [0, 0.05) is 4.47 Å². The summed E-state index contributed by atoms with van der Waals surface area (Å²) in [5.74, 6) is -0.0176. The Balaban J connectivity index is 1.64. The summed E-state index contributed by atoms with van der Waals surface area (Å²) in [5, 5.41) is 3.34. The number of rotatable bonds is 2. The second kappa shape index (κ2) is 5.19. The minimum atomic E-state index is -0.297. The summed E-state index contributed by atoms with van der Waals surface area (Å²) >= 11 is 4.85. The number of imidazole rings is 1. The van der Waals surface area contributed by atoms with Gasteiger partial charge >= 0.3 is 0 Å². The maximum absolute atomic E-state index is 12.3. The third-order valence-corrected chi connectivity index (χ3v) is 4.60. The van der Waals surface area contributed by atoms with E-state index >= 15 is 0 Å². The Morgan fingerprint density at radius 1 is 1.14 bits per heavy atom. The molecule has 0 radical (unpaired) electrons. The average molecular weight is 373 g/mol. The Kier molecular flexibility index (Phi) is 3.16. The number of carbonyl (C=O) groups is 1. The number of para-hydroxylation sites is 2. The van der Waals surface area contributed by atoms with Crippen molar-refractivity contribution in [3.05, 3.63) is 52.8 Å². The van der Waals surface area contributed by atoms with Crippen LogP contribution in [0.1, 0.15) is 10.6 Å². The lowest BCUT2D eigenvalue weighted by Gasteiger charge is -1.96. The lowest BCUT2D eigenvalue weighted by atomic mass is 10.3. The van der Waals surface area contributed by atoms with Crippen molar-refractivity contribution >= 4 is 59.6 Å². The summed E-state index contributed by atoms with van der Waals surface area (Å²) in [7, 11) is 0. The van der Waals surface area contributed by atoms with E-state index in [0.29, 0.717) is 5.13 Å². The number of hydrogen-bond donors (Lipinski definition) is 2. The molecule has 0 unspecified atom stereocenters. The van der Waals surface area contributed by atoms with Crippen LogP contribution in [0, 0.1) is 0 Å². The van der Waals surface area contributed by atoms with Crippen LogP contribution in [0.4, 0.5) is 5.13 Å². The molecule has 4 aromatic rings. The fourth-order valence-electron chi connectivity index (χ4n) is 2.17. The molecule has 7 heteroatoms. The minimum absolute atomic E-state index is 0.279. The number of H-pyrrole nitrogens is 1. The van der Waals surface area contributed by atoms with E-state index in [0.717, 1.165) is 25.7 Å². The summed E-state index contributed by atoms with van der Waals surface area (Å²) in [6.07, 6.45) is 0. The summed E-state index contributed by atoms with van der Waals surface area (Å²) in [5.41, 5.74) is 2.45. The van der Waals surface area contributed by atoms with Crippen molar-refractivity contribution in [2.45, 2.75) is 0 Å². The highest BCUT2D eigenvalue weighted by Gasteiger charge is 2.13. The molecule has 0 bridgehead atoms. The Bertz CT molecular complexity index is 974. The molecule has 0 atom stereocenters. The highest BCUT2D eigenvalue weighted by atomic mass is 79.9. The van der Waals surface area contributed by atoms with Gasteiger partial charge in [0.05, 0.1) is 21.3 Å². The Morgan fingerprint density at radius 2 is 2.00 bits per heavy atom. The first-order valence-electron chi connectivity index (χ1n) is 6.51. The smallest absolute Gasteiger partial charge is 0.293 e. The molecule has 4 rings (SSSR count). The molecule has 0 fully saturated rings. The van der Waals surface area contributed by atoms with Crippen LogP contribution in [-0.4, -0.2) is 20.9 Å². The summed E-state index contributed by atoms with van der Waals surface area (Å²) in [4.78, 5) is 24.0. The molecule has 2 heterocycles. The van der Waals surface area contributed by atoms with Crippen molar-refractivity contribution < 1.29 is 4.79 Å². The number of aromatic amines is 1. The molecule has 0 aliphatic carbocycles. The molecule has 2 N–H and O–H groups in total. The van der Waals surface area contributed by atoms with Gasteiger partial charge in [-0.05, 0) is 30.3 Å². The number of hydrogen-bond acceptors (Lipinski definition) is 4. The Hall–Kier alpha value is -2.25. The summed E-state index contributed by atoms with van der Waals surface area (Å²) in [6, 6.07) is 13.3. The van der Waals surface area contributed by atoms with Crippen LogP contribution in [0.25, 0.3) is 21.3 Å². The molecule has 0 spiro atoms. The summed E-state index contributed by atoms with van der Waals surface area (Å²) in [6.45, 7) is 0. The van der Waals surface area contributed by atoms with Gasteiger partial charge in [0.25, 0.3) is 5.91 Å². The Morgan fingerprint density at radius 3 is 2.86 bits per heavy atom. The maximum Gasteiger partial charge on any atom is 0.293 e. The highest BCUT2D eigenvalue weighted by molar-refractivity contribution is 9.10. The van der Waals surface area contributed by atoms with Gasteiger partial charge < -0.3 is 4.98 Å². The quantitative estimate of drug-likeness (QED) is 0.554. The number of aromatic nitrogens is 3. The lowest BCUT2D eigenvalue weighted by Crippen LogP contribution is -2.13. The molecule has 0 saturated heterocycles. The molecular weight excluding hydrogens is 364 g/mol. The average Bonchev–Trinajstić information content (AvgIpc) is 3.09. The fraction of sp³-hybridized carbons (Fsp3) is 0. The van der Waals surface area contributed by atoms with Crippen LogP contribution in [0.3, 0.4) is 0 Å². The van der Waals surface area contributed by atoms with Gasteiger partial charge in [-0.1, -0.05) is 39.4 Å². The number of amides is 1. The zero-order valence-electron chi connectivity index (χ0n) is 11.1. The first-order valence-corrected chi connectivity index (χ1v) is 8.12.